The normalized spacial score (nSPS) is 14.9. The summed E-state index contributed by atoms with van der Waals surface area (Å²) < 4.78 is 42.9. The van der Waals surface area contributed by atoms with Crippen LogP contribution in [0.1, 0.15) is 29.8 Å². The number of benzene rings is 1. The molecule has 1 aliphatic carbocycles. The second-order valence-corrected chi connectivity index (χ2v) is 14.3. The van der Waals surface area contributed by atoms with Gasteiger partial charge in [0, 0.05) is 48.8 Å². The number of fused-ring (bicyclic) bond motifs is 1. The van der Waals surface area contributed by atoms with Crippen LogP contribution >= 0.6 is 22.9 Å². The quantitative estimate of drug-likeness (QED) is 0.167. The summed E-state index contributed by atoms with van der Waals surface area (Å²) in [5.41, 5.74) is 2.54. The summed E-state index contributed by atoms with van der Waals surface area (Å²) in [5.74, 6) is 0. The first kappa shape index (κ1) is 29.9. The molecule has 4 aromatic heterocycles. The zero-order valence-corrected chi connectivity index (χ0v) is 26.8. The van der Waals surface area contributed by atoms with Crippen molar-refractivity contribution in [3.05, 3.63) is 70.7 Å². The molecule has 13 heteroatoms. The first-order valence-electron chi connectivity index (χ1n) is 13.9. The Balaban J connectivity index is 1.53. The summed E-state index contributed by atoms with van der Waals surface area (Å²) in [5, 5.41) is 6.37. The van der Waals surface area contributed by atoms with Crippen LogP contribution in [0, 0.1) is 6.92 Å². The van der Waals surface area contributed by atoms with E-state index in [2.05, 4.69) is 15.0 Å². The van der Waals surface area contributed by atoms with Gasteiger partial charge < -0.3 is 14.4 Å². The summed E-state index contributed by atoms with van der Waals surface area (Å²) in [4.78, 5) is 12.3. The van der Waals surface area contributed by atoms with Crippen LogP contribution in [0.15, 0.2) is 60.0 Å². The minimum absolute atomic E-state index is 0.164. The van der Waals surface area contributed by atoms with Crippen molar-refractivity contribution in [2.45, 2.75) is 43.2 Å². The Hall–Kier alpha value is -3.13. The Labute approximate surface area is 259 Å². The van der Waals surface area contributed by atoms with Gasteiger partial charge in [-0.25, -0.2) is 22.4 Å². The van der Waals surface area contributed by atoms with Gasteiger partial charge in [0.15, 0.2) is 5.65 Å². The molecular weight excluding hydrogens is 608 g/mol. The zero-order chi connectivity index (χ0) is 30.4. The first-order valence-corrected chi connectivity index (χ1v) is 16.6. The lowest BCUT2D eigenvalue weighted by molar-refractivity contribution is -0.171. The van der Waals surface area contributed by atoms with Crippen molar-refractivity contribution in [2.75, 3.05) is 34.5 Å². The fourth-order valence-electron chi connectivity index (χ4n) is 5.22. The third-order valence-electron chi connectivity index (χ3n) is 7.76. The molecule has 0 bridgehead atoms. The molecular formula is C30H33ClN6O4S2. The average molecular weight is 641 g/mol. The van der Waals surface area contributed by atoms with Crippen molar-refractivity contribution in [2.24, 2.45) is 0 Å². The highest BCUT2D eigenvalue weighted by Gasteiger charge is 2.43. The molecule has 6 rings (SSSR count). The summed E-state index contributed by atoms with van der Waals surface area (Å²) in [6.45, 7) is 3.54. The van der Waals surface area contributed by atoms with E-state index < -0.39 is 15.6 Å². The van der Waals surface area contributed by atoms with E-state index in [4.69, 9.17) is 26.1 Å². The molecule has 0 N–H and O–H groups in total. The Morgan fingerprint density at radius 2 is 1.88 bits per heavy atom. The van der Waals surface area contributed by atoms with Gasteiger partial charge in [-0.15, -0.1) is 11.3 Å². The van der Waals surface area contributed by atoms with E-state index in [1.165, 1.54) is 21.5 Å². The predicted molar refractivity (Wildman–Crippen MR) is 168 cm³/mol. The third-order valence-corrected chi connectivity index (χ3v) is 11.0. The van der Waals surface area contributed by atoms with Crippen LogP contribution in [0.5, 0.6) is 0 Å². The number of hydrogen-bond acceptors (Lipinski definition) is 9. The molecule has 0 unspecified atom stereocenters. The van der Waals surface area contributed by atoms with Crippen LogP contribution in [0.25, 0.3) is 32.7 Å². The van der Waals surface area contributed by atoms with E-state index in [-0.39, 0.29) is 17.3 Å². The summed E-state index contributed by atoms with van der Waals surface area (Å²) in [6, 6.07) is 8.64. The predicted octanol–water partition coefficient (Wildman–Crippen LogP) is 5.78. The Bertz CT molecular complexity index is 1870. The second-order valence-electron chi connectivity index (χ2n) is 11.1. The molecule has 1 aliphatic rings. The van der Waals surface area contributed by atoms with E-state index in [0.717, 1.165) is 41.3 Å². The summed E-state index contributed by atoms with van der Waals surface area (Å²) >= 11 is 8.30. The van der Waals surface area contributed by atoms with Crippen molar-refractivity contribution in [3.63, 3.8) is 0 Å². The summed E-state index contributed by atoms with van der Waals surface area (Å²) in [6.07, 6.45) is 9.59. The minimum atomic E-state index is -4.05. The SMILES string of the molecule is COCOC1(c2ncc(-c3c(Cl)cnc4c3cc(-c3cnn(CCN(C)C)c3)n4S(=O)(=O)c3ccc(C)cc3)s2)CCC1. The number of thiazole rings is 1. The maximum Gasteiger partial charge on any atom is 0.269 e. The maximum atomic E-state index is 14.3. The molecule has 1 saturated carbocycles. The van der Waals surface area contributed by atoms with E-state index in [1.54, 1.807) is 43.8 Å². The number of methoxy groups -OCH3 is 1. The van der Waals surface area contributed by atoms with Gasteiger partial charge in [0.05, 0.1) is 33.2 Å². The highest BCUT2D eigenvalue weighted by molar-refractivity contribution is 7.90. The van der Waals surface area contributed by atoms with E-state index in [9.17, 15) is 8.42 Å². The smallest absolute Gasteiger partial charge is 0.269 e. The van der Waals surface area contributed by atoms with Gasteiger partial charge in [-0.1, -0.05) is 29.3 Å². The molecule has 0 atom stereocenters. The Kier molecular flexibility index (Phi) is 8.18. The zero-order valence-electron chi connectivity index (χ0n) is 24.4. The van der Waals surface area contributed by atoms with Crippen LogP contribution in [0.3, 0.4) is 0 Å². The van der Waals surface area contributed by atoms with Crippen LogP contribution in [0.4, 0.5) is 0 Å². The van der Waals surface area contributed by atoms with Gasteiger partial charge in [0.1, 0.15) is 17.4 Å². The number of ether oxygens (including phenoxy) is 2. The number of hydrogen-bond donors (Lipinski definition) is 0. The van der Waals surface area contributed by atoms with E-state index in [1.807, 2.05) is 38.0 Å². The molecule has 0 radical (unpaired) electrons. The van der Waals surface area contributed by atoms with Crippen LogP contribution < -0.4 is 0 Å². The van der Waals surface area contributed by atoms with Crippen molar-refractivity contribution < 1.29 is 17.9 Å². The molecule has 4 heterocycles. The number of aryl methyl sites for hydroxylation is 1. The van der Waals surface area contributed by atoms with Gasteiger partial charge in [-0.2, -0.15) is 5.10 Å². The van der Waals surface area contributed by atoms with Gasteiger partial charge in [0.2, 0.25) is 0 Å². The number of pyridine rings is 1. The lowest BCUT2D eigenvalue weighted by Crippen LogP contribution is -2.37. The molecule has 1 fully saturated rings. The van der Waals surface area contributed by atoms with E-state index in [0.29, 0.717) is 33.8 Å². The van der Waals surface area contributed by atoms with Crippen LogP contribution in [-0.4, -0.2) is 71.6 Å². The van der Waals surface area contributed by atoms with Crippen molar-refractivity contribution in [3.8, 4) is 21.7 Å². The average Bonchev–Trinajstić information content (AvgIpc) is 3.70. The summed E-state index contributed by atoms with van der Waals surface area (Å²) in [7, 11) is 1.54. The number of halogens is 1. The topological polar surface area (TPSA) is 104 Å². The highest BCUT2D eigenvalue weighted by Crippen LogP contribution is 2.49. The Morgan fingerprint density at radius 3 is 2.56 bits per heavy atom. The molecule has 1 aromatic carbocycles. The van der Waals surface area contributed by atoms with Crippen molar-refractivity contribution in [1.29, 1.82) is 0 Å². The van der Waals surface area contributed by atoms with E-state index >= 15 is 0 Å². The van der Waals surface area contributed by atoms with Gasteiger partial charge in [-0.3, -0.25) is 4.68 Å². The van der Waals surface area contributed by atoms with Crippen LogP contribution in [-0.2, 0) is 31.6 Å². The van der Waals surface area contributed by atoms with Crippen molar-refractivity contribution in [1.82, 2.24) is 28.6 Å². The highest BCUT2D eigenvalue weighted by atomic mass is 35.5. The van der Waals surface area contributed by atoms with Crippen molar-refractivity contribution >= 4 is 44.0 Å². The molecule has 0 aliphatic heterocycles. The van der Waals surface area contributed by atoms with Gasteiger partial charge in [-0.05, 0) is 58.5 Å². The molecule has 226 valence electrons. The molecule has 0 spiro atoms. The fourth-order valence-corrected chi connectivity index (χ4v) is 8.20. The van der Waals surface area contributed by atoms with Gasteiger partial charge in [0.25, 0.3) is 10.0 Å². The fraction of sp³-hybridized carbons (Fsp3) is 0.367. The lowest BCUT2D eigenvalue weighted by atomic mass is 9.80. The number of aromatic nitrogens is 5. The number of likely N-dealkylation sites (N-methyl/N-ethyl adjacent to an activating group) is 1. The third kappa shape index (κ3) is 5.52. The maximum absolute atomic E-state index is 14.3. The first-order chi connectivity index (χ1) is 20.6. The molecule has 0 saturated heterocycles. The molecule has 43 heavy (non-hydrogen) atoms. The van der Waals surface area contributed by atoms with Crippen LogP contribution in [0.2, 0.25) is 5.02 Å². The molecule has 10 nitrogen and oxygen atoms in total. The lowest BCUT2D eigenvalue weighted by Gasteiger charge is -2.39. The Morgan fingerprint density at radius 1 is 1.12 bits per heavy atom. The monoisotopic (exact) mass is 640 g/mol. The second kappa shape index (κ2) is 11.8. The molecule has 0 amide bonds. The number of rotatable bonds is 11. The molecule has 5 aromatic rings. The minimum Gasteiger partial charge on any atom is -0.359 e. The largest absolute Gasteiger partial charge is 0.359 e. The standard InChI is InChI=1S/C30H33ClN6O4S2/c1-20-6-8-22(9-7-20)43(38,39)37-25(21-15-34-36(18-21)13-12-35(2)3)14-23-27(24(31)16-32-28(23)37)26-17-33-29(42-26)30(10-5-11-30)41-19-40-4/h6-9,14-18H,5,10-13,19H2,1-4H3. The number of nitrogens with zero attached hydrogens (tertiary/aromatic N) is 6. The van der Waals surface area contributed by atoms with Gasteiger partial charge >= 0.3 is 0 Å².